The Labute approximate surface area is 75.1 Å². The molecule has 0 aromatic heterocycles. The van der Waals surface area contributed by atoms with Crippen molar-refractivity contribution >= 4 is 6.29 Å². The van der Waals surface area contributed by atoms with Gasteiger partial charge in [0.05, 0.1) is 6.10 Å². The molecular weight excluding hydrogens is 180 g/mol. The number of aliphatic hydroxyl groups excluding tert-OH is 5. The van der Waals surface area contributed by atoms with Crippen molar-refractivity contribution in [3.05, 3.63) is 0 Å². The second-order valence-electron chi connectivity index (χ2n) is 2.84. The number of hydrogen-bond acceptors (Lipinski definition) is 6. The molecule has 0 amide bonds. The van der Waals surface area contributed by atoms with Gasteiger partial charge in [0.25, 0.3) is 0 Å². The third-order valence-electron chi connectivity index (χ3n) is 1.68. The van der Waals surface area contributed by atoms with E-state index in [0.717, 1.165) is 0 Å². The third-order valence-corrected chi connectivity index (χ3v) is 1.68. The van der Waals surface area contributed by atoms with Crippen molar-refractivity contribution in [2.75, 3.05) is 0 Å². The Bertz CT molecular complexity index is 159. The average Bonchev–Trinajstić information content (AvgIpc) is 2.12. The lowest BCUT2D eigenvalue weighted by atomic mass is 10.0. The Morgan fingerprint density at radius 1 is 0.923 bits per heavy atom. The quantitative estimate of drug-likeness (QED) is 0.298. The molecule has 0 unspecified atom stereocenters. The summed E-state index contributed by atoms with van der Waals surface area (Å²) in [6.07, 6.45) is -8.18. The smallest absolute Gasteiger partial charge is 0.151 e. The van der Waals surface area contributed by atoms with E-state index in [1.54, 1.807) is 0 Å². The lowest BCUT2D eigenvalue weighted by Crippen LogP contribution is -2.48. The van der Waals surface area contributed by atoms with E-state index in [0.29, 0.717) is 0 Å². The fraction of sp³-hybridized carbons (Fsp3) is 0.857. The zero-order valence-electron chi connectivity index (χ0n) is 7.11. The number of rotatable bonds is 5. The van der Waals surface area contributed by atoms with Crippen molar-refractivity contribution in [1.29, 1.82) is 0 Å². The molecule has 0 rings (SSSR count). The number of aliphatic hydroxyl groups is 5. The third kappa shape index (κ3) is 3.37. The molecule has 6 nitrogen and oxygen atoms in total. The summed E-state index contributed by atoms with van der Waals surface area (Å²) < 4.78 is 0. The zero-order valence-corrected chi connectivity index (χ0v) is 7.11. The maximum Gasteiger partial charge on any atom is 0.151 e. The standard InChI is InChI=1S/C7H14O6/c1-3(9)5(11)7(13)6(12)4(10)2-8/h2-7,9-13H,1H3/t3-,4+,5-,6+,7+/m1/s1. The van der Waals surface area contributed by atoms with Crippen LogP contribution in [0, 0.1) is 0 Å². The van der Waals surface area contributed by atoms with Gasteiger partial charge >= 0.3 is 0 Å². The summed E-state index contributed by atoms with van der Waals surface area (Å²) in [5.74, 6) is 0. The van der Waals surface area contributed by atoms with Gasteiger partial charge in [-0.25, -0.2) is 0 Å². The fourth-order valence-electron chi connectivity index (χ4n) is 0.770. The Kier molecular flexibility index (Phi) is 5.04. The van der Waals surface area contributed by atoms with Crippen LogP contribution in [-0.2, 0) is 4.79 Å². The SMILES string of the molecule is C[C@@H](O)[C@@H](O)[C@H](O)[C@@H](O)[C@@H](O)C=O. The van der Waals surface area contributed by atoms with E-state index in [-0.39, 0.29) is 6.29 Å². The van der Waals surface area contributed by atoms with Gasteiger partial charge in [-0.05, 0) is 6.92 Å². The van der Waals surface area contributed by atoms with Crippen LogP contribution in [0.15, 0.2) is 0 Å². The Morgan fingerprint density at radius 2 is 1.38 bits per heavy atom. The summed E-state index contributed by atoms with van der Waals surface area (Å²) in [6.45, 7) is 1.20. The van der Waals surface area contributed by atoms with Crippen molar-refractivity contribution in [2.45, 2.75) is 37.4 Å². The van der Waals surface area contributed by atoms with Gasteiger partial charge in [-0.1, -0.05) is 0 Å². The summed E-state index contributed by atoms with van der Waals surface area (Å²) >= 11 is 0. The summed E-state index contributed by atoms with van der Waals surface area (Å²) in [5, 5.41) is 44.7. The monoisotopic (exact) mass is 194 g/mol. The van der Waals surface area contributed by atoms with Crippen LogP contribution in [0.5, 0.6) is 0 Å². The van der Waals surface area contributed by atoms with Crippen molar-refractivity contribution in [3.8, 4) is 0 Å². The Hall–Kier alpha value is -0.530. The van der Waals surface area contributed by atoms with Crippen molar-refractivity contribution in [3.63, 3.8) is 0 Å². The first kappa shape index (κ1) is 12.5. The molecule has 0 aliphatic heterocycles. The lowest BCUT2D eigenvalue weighted by molar-refractivity contribution is -0.142. The topological polar surface area (TPSA) is 118 Å². The fourth-order valence-corrected chi connectivity index (χ4v) is 0.770. The lowest BCUT2D eigenvalue weighted by Gasteiger charge is -2.25. The summed E-state index contributed by atoms with van der Waals surface area (Å²) in [7, 11) is 0. The molecule has 13 heavy (non-hydrogen) atoms. The minimum Gasteiger partial charge on any atom is -0.391 e. The van der Waals surface area contributed by atoms with Gasteiger partial charge in [0.2, 0.25) is 0 Å². The average molecular weight is 194 g/mol. The van der Waals surface area contributed by atoms with Gasteiger partial charge in [-0.15, -0.1) is 0 Å². The zero-order chi connectivity index (χ0) is 10.6. The molecule has 0 aliphatic rings. The maximum absolute atomic E-state index is 9.98. The summed E-state index contributed by atoms with van der Waals surface area (Å²) in [5.41, 5.74) is 0. The van der Waals surface area contributed by atoms with Crippen LogP contribution in [0.2, 0.25) is 0 Å². The van der Waals surface area contributed by atoms with Crippen molar-refractivity contribution in [2.24, 2.45) is 0 Å². The van der Waals surface area contributed by atoms with Crippen LogP contribution in [-0.4, -0.2) is 62.3 Å². The second kappa shape index (κ2) is 5.25. The summed E-state index contributed by atoms with van der Waals surface area (Å²) in [4.78, 5) is 9.98. The van der Waals surface area contributed by atoms with Crippen LogP contribution >= 0.6 is 0 Å². The van der Waals surface area contributed by atoms with E-state index in [4.69, 9.17) is 25.5 Å². The van der Waals surface area contributed by atoms with Crippen molar-refractivity contribution in [1.82, 2.24) is 0 Å². The van der Waals surface area contributed by atoms with Gasteiger partial charge in [0, 0.05) is 0 Å². The minimum atomic E-state index is -1.80. The van der Waals surface area contributed by atoms with Gasteiger partial charge in [-0.2, -0.15) is 0 Å². The second-order valence-corrected chi connectivity index (χ2v) is 2.84. The largest absolute Gasteiger partial charge is 0.391 e. The molecule has 0 aromatic carbocycles. The molecule has 0 heterocycles. The molecule has 5 atom stereocenters. The van der Waals surface area contributed by atoms with Crippen LogP contribution in [0.1, 0.15) is 6.92 Å². The number of carbonyl (C=O) groups is 1. The highest BCUT2D eigenvalue weighted by molar-refractivity contribution is 5.56. The molecule has 78 valence electrons. The molecule has 0 saturated carbocycles. The van der Waals surface area contributed by atoms with E-state index in [2.05, 4.69) is 0 Å². The molecule has 0 spiro atoms. The highest BCUT2D eigenvalue weighted by atomic mass is 16.4. The van der Waals surface area contributed by atoms with E-state index >= 15 is 0 Å². The molecule has 0 saturated heterocycles. The molecule has 6 heteroatoms. The van der Waals surface area contributed by atoms with Crippen LogP contribution in [0.4, 0.5) is 0 Å². The van der Waals surface area contributed by atoms with Crippen LogP contribution in [0.3, 0.4) is 0 Å². The van der Waals surface area contributed by atoms with E-state index in [9.17, 15) is 4.79 Å². The highest BCUT2D eigenvalue weighted by Crippen LogP contribution is 2.06. The number of hydrogen-bond donors (Lipinski definition) is 5. The van der Waals surface area contributed by atoms with Gasteiger partial charge in [-0.3, -0.25) is 0 Å². The molecule has 0 aliphatic carbocycles. The Balaban J connectivity index is 4.23. The minimum absolute atomic E-state index is 0.0304. The van der Waals surface area contributed by atoms with Crippen LogP contribution < -0.4 is 0 Å². The van der Waals surface area contributed by atoms with Gasteiger partial charge in [0.15, 0.2) is 6.29 Å². The molecule has 0 radical (unpaired) electrons. The molecule has 0 fully saturated rings. The first-order valence-electron chi connectivity index (χ1n) is 3.77. The highest BCUT2D eigenvalue weighted by Gasteiger charge is 2.32. The molecule has 0 aromatic rings. The summed E-state index contributed by atoms with van der Waals surface area (Å²) in [6, 6.07) is 0. The predicted octanol–water partition coefficient (Wildman–Crippen LogP) is -2.99. The van der Waals surface area contributed by atoms with E-state index in [1.165, 1.54) is 6.92 Å². The Morgan fingerprint density at radius 3 is 1.69 bits per heavy atom. The van der Waals surface area contributed by atoms with Crippen LogP contribution in [0.25, 0.3) is 0 Å². The predicted molar refractivity (Wildman–Crippen MR) is 41.8 cm³/mol. The van der Waals surface area contributed by atoms with Gasteiger partial charge < -0.3 is 30.3 Å². The van der Waals surface area contributed by atoms with Crippen molar-refractivity contribution < 1.29 is 30.3 Å². The first-order valence-corrected chi connectivity index (χ1v) is 3.77. The molecule has 5 N–H and O–H groups in total. The van der Waals surface area contributed by atoms with Gasteiger partial charge in [0.1, 0.15) is 24.4 Å². The number of carbonyl (C=O) groups excluding carboxylic acids is 1. The molecule has 0 bridgehead atoms. The first-order chi connectivity index (χ1) is 5.91. The number of aldehydes is 1. The van der Waals surface area contributed by atoms with E-state index in [1.807, 2.05) is 0 Å². The normalized spacial score (nSPS) is 22.9. The molecular formula is C7H14O6. The maximum atomic E-state index is 9.98. The van der Waals surface area contributed by atoms with E-state index < -0.39 is 30.5 Å².